The van der Waals surface area contributed by atoms with E-state index in [0.29, 0.717) is 24.0 Å². The van der Waals surface area contributed by atoms with E-state index in [1.165, 1.54) is 4.90 Å². The number of quaternary nitrogens is 1. The Hall–Kier alpha value is -2.53. The number of hydrogen-bond acceptors (Lipinski definition) is 6. The van der Waals surface area contributed by atoms with Gasteiger partial charge in [-0.05, 0) is 20.8 Å². The summed E-state index contributed by atoms with van der Waals surface area (Å²) in [6.45, 7) is 7.13. The number of esters is 1. The Morgan fingerprint density at radius 2 is 2.08 bits per heavy atom. The van der Waals surface area contributed by atoms with Crippen molar-refractivity contribution in [3.8, 4) is 11.9 Å². The predicted molar refractivity (Wildman–Crippen MR) is 88.7 cm³/mol. The Morgan fingerprint density at radius 1 is 1.44 bits per heavy atom. The number of H-pyrrole nitrogens is 1. The minimum absolute atomic E-state index is 0.0665. The second-order valence-electron chi connectivity index (χ2n) is 7.77. The number of allylic oxidation sites excluding steroid dienone is 1. The standard InChI is InChI=1S/C17H23N5O3/c1-16(2,3)25-15(23)12-11-14(21-20-12)24-13(19)10(9-18)17(11)5-7-22(4)8-6-17/h5-8,19H2,1-4H3,(H,20,21)/p+1. The van der Waals surface area contributed by atoms with Crippen LogP contribution in [0.15, 0.2) is 11.5 Å². The first-order valence-electron chi connectivity index (χ1n) is 8.39. The van der Waals surface area contributed by atoms with Crippen molar-refractivity contribution in [2.45, 2.75) is 44.6 Å². The normalized spacial score (nSPS) is 26.0. The quantitative estimate of drug-likeness (QED) is 0.616. The monoisotopic (exact) mass is 346 g/mol. The fourth-order valence-corrected chi connectivity index (χ4v) is 3.60. The van der Waals surface area contributed by atoms with Crippen molar-refractivity contribution in [3.05, 3.63) is 22.7 Å². The molecular weight excluding hydrogens is 322 g/mol. The lowest BCUT2D eigenvalue weighted by atomic mass is 9.67. The van der Waals surface area contributed by atoms with Gasteiger partial charge in [0.15, 0.2) is 5.69 Å². The first kappa shape index (κ1) is 17.3. The summed E-state index contributed by atoms with van der Waals surface area (Å²) in [7, 11) is 2.11. The van der Waals surface area contributed by atoms with Gasteiger partial charge in [0.1, 0.15) is 17.2 Å². The number of rotatable bonds is 1. The smallest absolute Gasteiger partial charge is 0.357 e. The Bertz CT molecular complexity index is 773. The maximum absolute atomic E-state index is 12.7. The first-order chi connectivity index (χ1) is 11.7. The third-order valence-electron chi connectivity index (χ3n) is 4.82. The van der Waals surface area contributed by atoms with Crippen molar-refractivity contribution in [2.75, 3.05) is 20.1 Å². The maximum atomic E-state index is 12.7. The lowest BCUT2D eigenvalue weighted by Crippen LogP contribution is -3.10. The molecule has 1 aromatic rings. The lowest BCUT2D eigenvalue weighted by molar-refractivity contribution is -0.886. The fourth-order valence-electron chi connectivity index (χ4n) is 3.60. The summed E-state index contributed by atoms with van der Waals surface area (Å²) < 4.78 is 11.0. The number of ether oxygens (including phenoxy) is 2. The van der Waals surface area contributed by atoms with E-state index in [2.05, 4.69) is 23.3 Å². The number of fused-ring (bicyclic) bond motifs is 2. The molecule has 1 aromatic heterocycles. The second kappa shape index (κ2) is 5.77. The van der Waals surface area contributed by atoms with E-state index in [9.17, 15) is 10.1 Å². The lowest BCUT2D eigenvalue weighted by Gasteiger charge is -2.40. The Labute approximate surface area is 146 Å². The van der Waals surface area contributed by atoms with Gasteiger partial charge in [0.25, 0.3) is 0 Å². The SMILES string of the molecule is C[NH+]1CCC2(CC1)C(C#N)=C(N)Oc1n[nH]c(C(=O)OC(C)(C)C)c12. The average molecular weight is 346 g/mol. The van der Waals surface area contributed by atoms with E-state index in [-0.39, 0.29) is 17.5 Å². The second-order valence-corrected chi connectivity index (χ2v) is 7.77. The van der Waals surface area contributed by atoms with Crippen LogP contribution in [0.3, 0.4) is 0 Å². The number of aromatic nitrogens is 2. The number of nitrogens with one attached hydrogen (secondary N) is 2. The van der Waals surface area contributed by atoms with Crippen LogP contribution in [-0.4, -0.2) is 41.9 Å². The van der Waals surface area contributed by atoms with Crippen LogP contribution in [0.25, 0.3) is 0 Å². The maximum Gasteiger partial charge on any atom is 0.357 e. The zero-order valence-electron chi connectivity index (χ0n) is 15.0. The predicted octanol–water partition coefficient (Wildman–Crippen LogP) is -0.00242. The van der Waals surface area contributed by atoms with Crippen LogP contribution in [0, 0.1) is 11.3 Å². The summed E-state index contributed by atoms with van der Waals surface area (Å²) in [5.41, 5.74) is 5.90. The van der Waals surface area contributed by atoms with Gasteiger partial charge in [0.2, 0.25) is 11.8 Å². The summed E-state index contributed by atoms with van der Waals surface area (Å²) in [6.07, 6.45) is 1.38. The number of aromatic amines is 1. The van der Waals surface area contributed by atoms with Crippen molar-refractivity contribution in [3.63, 3.8) is 0 Å². The molecule has 2 aliphatic rings. The van der Waals surface area contributed by atoms with E-state index in [4.69, 9.17) is 15.2 Å². The van der Waals surface area contributed by atoms with Gasteiger partial charge in [-0.3, -0.25) is 5.10 Å². The Balaban J connectivity index is 2.12. The number of carbonyl (C=O) groups is 1. The highest BCUT2D eigenvalue weighted by Gasteiger charge is 2.51. The summed E-state index contributed by atoms with van der Waals surface area (Å²) in [5, 5.41) is 16.6. The summed E-state index contributed by atoms with van der Waals surface area (Å²) in [4.78, 5) is 14.0. The molecule has 0 amide bonds. The van der Waals surface area contributed by atoms with Crippen LogP contribution in [-0.2, 0) is 10.2 Å². The minimum Gasteiger partial charge on any atom is -0.455 e. The average Bonchev–Trinajstić information content (AvgIpc) is 2.93. The number of hydrogen-bond donors (Lipinski definition) is 3. The molecule has 25 heavy (non-hydrogen) atoms. The molecule has 2 aliphatic heterocycles. The molecule has 1 fully saturated rings. The van der Waals surface area contributed by atoms with Gasteiger partial charge >= 0.3 is 5.97 Å². The number of carbonyl (C=O) groups excluding carboxylic acids is 1. The van der Waals surface area contributed by atoms with Crippen LogP contribution in [0.5, 0.6) is 5.88 Å². The molecule has 8 heteroatoms. The molecule has 0 saturated carbocycles. The number of nitriles is 1. The summed E-state index contributed by atoms with van der Waals surface area (Å²) in [6, 6.07) is 2.20. The van der Waals surface area contributed by atoms with Crippen molar-refractivity contribution in [1.82, 2.24) is 10.2 Å². The van der Waals surface area contributed by atoms with Gasteiger partial charge in [0.05, 0.1) is 31.1 Å². The molecule has 0 aliphatic carbocycles. The highest BCUT2D eigenvalue weighted by Crippen LogP contribution is 2.48. The Kier molecular flexibility index (Phi) is 4.00. The number of likely N-dealkylation sites (tertiary alicyclic amines) is 1. The van der Waals surface area contributed by atoms with Crippen molar-refractivity contribution >= 4 is 5.97 Å². The van der Waals surface area contributed by atoms with E-state index in [0.717, 1.165) is 13.1 Å². The molecule has 4 N–H and O–H groups in total. The van der Waals surface area contributed by atoms with Gasteiger partial charge in [0, 0.05) is 12.8 Å². The fraction of sp³-hybridized carbons (Fsp3) is 0.588. The number of piperidine rings is 1. The molecular formula is C17H24N5O3+. The van der Waals surface area contributed by atoms with Crippen molar-refractivity contribution < 1.29 is 19.2 Å². The summed E-state index contributed by atoms with van der Waals surface area (Å²) >= 11 is 0. The van der Waals surface area contributed by atoms with Crippen LogP contribution < -0.4 is 15.4 Å². The largest absolute Gasteiger partial charge is 0.455 e. The van der Waals surface area contributed by atoms with Crippen molar-refractivity contribution in [2.24, 2.45) is 5.73 Å². The topological polar surface area (TPSA) is 118 Å². The molecule has 134 valence electrons. The zero-order valence-corrected chi connectivity index (χ0v) is 15.0. The number of nitrogens with zero attached hydrogens (tertiary/aromatic N) is 2. The molecule has 0 atom stereocenters. The third kappa shape index (κ3) is 2.85. The molecule has 0 radical (unpaired) electrons. The van der Waals surface area contributed by atoms with Gasteiger partial charge in [-0.2, -0.15) is 5.26 Å². The zero-order chi connectivity index (χ0) is 18.4. The molecule has 0 unspecified atom stereocenters. The van der Waals surface area contributed by atoms with Crippen LogP contribution in [0.1, 0.15) is 49.7 Å². The van der Waals surface area contributed by atoms with Gasteiger partial charge in [-0.1, -0.05) is 0 Å². The minimum atomic E-state index is -0.662. The van der Waals surface area contributed by atoms with E-state index < -0.39 is 17.0 Å². The molecule has 8 nitrogen and oxygen atoms in total. The molecule has 3 rings (SSSR count). The molecule has 0 bridgehead atoms. The highest BCUT2D eigenvalue weighted by atomic mass is 16.6. The molecule has 1 spiro atoms. The summed E-state index contributed by atoms with van der Waals surface area (Å²) in [5.74, 6) is -0.179. The molecule has 3 heterocycles. The first-order valence-corrected chi connectivity index (χ1v) is 8.39. The van der Waals surface area contributed by atoms with E-state index >= 15 is 0 Å². The van der Waals surface area contributed by atoms with Crippen molar-refractivity contribution in [1.29, 1.82) is 5.26 Å². The molecule has 1 saturated heterocycles. The highest BCUT2D eigenvalue weighted by molar-refractivity contribution is 5.91. The number of nitrogens with two attached hydrogens (primary N) is 1. The molecule has 0 aromatic carbocycles. The van der Waals surface area contributed by atoms with E-state index in [1.54, 1.807) is 20.8 Å². The van der Waals surface area contributed by atoms with Gasteiger partial charge in [-0.25, -0.2) is 4.79 Å². The van der Waals surface area contributed by atoms with Gasteiger partial charge < -0.3 is 20.1 Å². The van der Waals surface area contributed by atoms with Crippen LogP contribution in [0.2, 0.25) is 0 Å². The van der Waals surface area contributed by atoms with Crippen LogP contribution in [0.4, 0.5) is 0 Å². The third-order valence-corrected chi connectivity index (χ3v) is 4.82. The van der Waals surface area contributed by atoms with Crippen LogP contribution >= 0.6 is 0 Å². The Morgan fingerprint density at radius 3 is 2.64 bits per heavy atom. The van der Waals surface area contributed by atoms with E-state index in [1.807, 2.05) is 0 Å². The van der Waals surface area contributed by atoms with Gasteiger partial charge in [-0.15, -0.1) is 5.10 Å².